The highest BCUT2D eigenvalue weighted by Gasteiger charge is 2.35. The molecule has 0 spiro atoms. The van der Waals surface area contributed by atoms with Crippen molar-refractivity contribution >= 4 is 11.5 Å². The molecule has 0 aromatic heterocycles. The second kappa shape index (κ2) is 4.16. The van der Waals surface area contributed by atoms with Crippen molar-refractivity contribution in [2.24, 2.45) is 4.99 Å². The first-order chi connectivity index (χ1) is 9.09. The van der Waals surface area contributed by atoms with Crippen LogP contribution in [0.4, 0.5) is 0 Å². The van der Waals surface area contributed by atoms with Crippen molar-refractivity contribution in [3.63, 3.8) is 0 Å². The number of aliphatic imine (C=N–C) groups is 1. The number of benzene rings is 2. The fourth-order valence-electron chi connectivity index (χ4n) is 2.42. The lowest BCUT2D eigenvalue weighted by molar-refractivity contribution is 0.0912. The minimum atomic E-state index is -0.695. The monoisotopic (exact) mass is 249 g/mol. The van der Waals surface area contributed by atoms with Crippen LogP contribution in [-0.2, 0) is 0 Å². The Labute approximate surface area is 112 Å². The average molecular weight is 249 g/mol. The highest BCUT2D eigenvalue weighted by molar-refractivity contribution is 6.23. The fourth-order valence-corrected chi connectivity index (χ4v) is 2.42. The van der Waals surface area contributed by atoms with Gasteiger partial charge in [-0.2, -0.15) is 0 Å². The van der Waals surface area contributed by atoms with Gasteiger partial charge in [-0.25, -0.2) is 0 Å². The maximum absolute atomic E-state index is 12.4. The van der Waals surface area contributed by atoms with Crippen molar-refractivity contribution in [1.82, 2.24) is 0 Å². The van der Waals surface area contributed by atoms with Crippen molar-refractivity contribution in [1.29, 1.82) is 0 Å². The summed E-state index contributed by atoms with van der Waals surface area (Å²) in [7, 11) is 0. The van der Waals surface area contributed by atoms with Gasteiger partial charge in [-0.15, -0.1) is 0 Å². The summed E-state index contributed by atoms with van der Waals surface area (Å²) in [5.74, 6) is 0.0859. The Morgan fingerprint density at radius 3 is 2.11 bits per heavy atom. The number of hydrogen-bond donors (Lipinski definition) is 0. The predicted molar refractivity (Wildman–Crippen MR) is 76.9 cm³/mol. The molecule has 0 radical (unpaired) electrons. The van der Waals surface area contributed by atoms with Crippen LogP contribution in [0.2, 0.25) is 0 Å². The van der Waals surface area contributed by atoms with Gasteiger partial charge in [0.05, 0.1) is 5.71 Å². The number of carbonyl (C=O) groups is 1. The quantitative estimate of drug-likeness (QED) is 0.760. The predicted octanol–water partition coefficient (Wildman–Crippen LogP) is 3.50. The van der Waals surface area contributed by atoms with E-state index >= 15 is 0 Å². The van der Waals surface area contributed by atoms with Crippen LogP contribution in [0.1, 0.15) is 35.3 Å². The molecule has 0 atom stereocenters. The molecule has 94 valence electrons. The molecule has 0 bridgehead atoms. The first-order valence-electron chi connectivity index (χ1n) is 6.39. The second-order valence-electron chi connectivity index (χ2n) is 5.26. The molecule has 1 heterocycles. The largest absolute Gasteiger partial charge is 0.291 e. The van der Waals surface area contributed by atoms with Gasteiger partial charge in [-0.3, -0.25) is 9.79 Å². The summed E-state index contributed by atoms with van der Waals surface area (Å²) >= 11 is 0. The van der Waals surface area contributed by atoms with Gasteiger partial charge in [0.1, 0.15) is 5.54 Å². The van der Waals surface area contributed by atoms with Crippen molar-refractivity contribution < 1.29 is 4.79 Å². The van der Waals surface area contributed by atoms with Crippen molar-refractivity contribution in [2.45, 2.75) is 19.4 Å². The molecule has 0 aliphatic carbocycles. The smallest absolute Gasteiger partial charge is 0.190 e. The van der Waals surface area contributed by atoms with E-state index in [-0.39, 0.29) is 5.78 Å². The number of nitrogens with zero attached hydrogens (tertiary/aromatic N) is 1. The van der Waals surface area contributed by atoms with Crippen molar-refractivity contribution in [3.8, 4) is 0 Å². The van der Waals surface area contributed by atoms with Crippen molar-refractivity contribution in [2.75, 3.05) is 0 Å². The zero-order valence-electron chi connectivity index (χ0n) is 11.1. The third-order valence-electron chi connectivity index (χ3n) is 3.42. The van der Waals surface area contributed by atoms with Gasteiger partial charge in [-0.1, -0.05) is 54.6 Å². The Kier molecular flexibility index (Phi) is 2.59. The number of hydrogen-bond acceptors (Lipinski definition) is 2. The Morgan fingerprint density at radius 2 is 1.42 bits per heavy atom. The zero-order chi connectivity index (χ0) is 13.5. The summed E-state index contributed by atoms with van der Waals surface area (Å²) in [5.41, 5.74) is 2.95. The third-order valence-corrected chi connectivity index (χ3v) is 3.42. The molecule has 0 N–H and O–H groups in total. The molecule has 3 rings (SSSR count). The first kappa shape index (κ1) is 11.8. The van der Waals surface area contributed by atoms with Gasteiger partial charge in [-0.05, 0) is 13.8 Å². The lowest BCUT2D eigenvalue weighted by atomic mass is 9.84. The number of ketones is 1. The first-order valence-corrected chi connectivity index (χ1v) is 6.39. The number of carbonyl (C=O) groups excluding carboxylic acids is 1. The molecule has 2 nitrogen and oxygen atoms in total. The molecular formula is C17H15NO. The molecule has 1 aliphatic heterocycles. The molecule has 0 fully saturated rings. The summed E-state index contributed by atoms with van der Waals surface area (Å²) in [5, 5.41) is 0. The van der Waals surface area contributed by atoms with E-state index in [4.69, 9.17) is 0 Å². The van der Waals surface area contributed by atoms with Crippen LogP contribution in [0.5, 0.6) is 0 Å². The molecule has 2 aromatic carbocycles. The molecule has 1 aliphatic rings. The van der Waals surface area contributed by atoms with Crippen molar-refractivity contribution in [3.05, 3.63) is 71.3 Å². The topological polar surface area (TPSA) is 29.4 Å². The Morgan fingerprint density at radius 1 is 0.842 bits per heavy atom. The molecule has 0 amide bonds. The third kappa shape index (κ3) is 1.89. The average Bonchev–Trinajstić information content (AvgIpc) is 2.44. The van der Waals surface area contributed by atoms with Gasteiger partial charge in [0.25, 0.3) is 0 Å². The normalized spacial score (nSPS) is 16.7. The Hall–Kier alpha value is -2.22. The maximum Gasteiger partial charge on any atom is 0.190 e. The van der Waals surface area contributed by atoms with Crippen LogP contribution in [0.15, 0.2) is 59.6 Å². The highest BCUT2D eigenvalue weighted by atomic mass is 16.1. The van der Waals surface area contributed by atoms with Crippen LogP contribution < -0.4 is 0 Å². The number of fused-ring (bicyclic) bond motifs is 1. The van der Waals surface area contributed by atoms with E-state index < -0.39 is 5.54 Å². The fraction of sp³-hybridized carbons (Fsp3) is 0.176. The van der Waals surface area contributed by atoms with Crippen LogP contribution in [-0.4, -0.2) is 17.0 Å². The van der Waals surface area contributed by atoms with Gasteiger partial charge < -0.3 is 0 Å². The van der Waals surface area contributed by atoms with E-state index in [0.29, 0.717) is 0 Å². The van der Waals surface area contributed by atoms with Gasteiger partial charge in [0, 0.05) is 16.7 Å². The van der Waals surface area contributed by atoms with Crippen LogP contribution in [0.25, 0.3) is 0 Å². The molecule has 2 heteroatoms. The summed E-state index contributed by atoms with van der Waals surface area (Å²) in [6.45, 7) is 3.74. The van der Waals surface area contributed by atoms with Gasteiger partial charge in [0.15, 0.2) is 5.78 Å². The summed E-state index contributed by atoms with van der Waals surface area (Å²) in [4.78, 5) is 17.1. The second-order valence-corrected chi connectivity index (χ2v) is 5.26. The zero-order valence-corrected chi connectivity index (χ0v) is 11.1. The van der Waals surface area contributed by atoms with Crippen LogP contribution >= 0.6 is 0 Å². The standard InChI is InChI=1S/C17H15NO/c1-17(2)16(19)14-11-7-6-10-13(14)15(18-17)12-8-4-3-5-9-12/h3-11H,1-2H3. The summed E-state index contributed by atoms with van der Waals surface area (Å²) < 4.78 is 0. The SMILES string of the molecule is CC1(C)N=C(c2ccccc2)c2ccccc2C1=O. The van der Waals surface area contributed by atoms with Crippen LogP contribution in [0.3, 0.4) is 0 Å². The molecule has 0 saturated heterocycles. The molecule has 0 saturated carbocycles. The Balaban J connectivity index is 2.27. The van der Waals surface area contributed by atoms with Crippen LogP contribution in [0, 0.1) is 0 Å². The van der Waals surface area contributed by atoms with E-state index in [1.54, 1.807) is 0 Å². The minimum Gasteiger partial charge on any atom is -0.291 e. The van der Waals surface area contributed by atoms with E-state index in [1.807, 2.05) is 68.4 Å². The molecular weight excluding hydrogens is 234 g/mol. The minimum absolute atomic E-state index is 0.0859. The number of Topliss-reactive ketones (excluding diaryl/α,β-unsaturated/α-hetero) is 1. The van der Waals surface area contributed by atoms with E-state index in [9.17, 15) is 4.79 Å². The van der Waals surface area contributed by atoms with E-state index in [2.05, 4.69) is 4.99 Å². The maximum atomic E-state index is 12.4. The summed E-state index contributed by atoms with van der Waals surface area (Å²) in [6.07, 6.45) is 0. The number of rotatable bonds is 1. The molecule has 19 heavy (non-hydrogen) atoms. The van der Waals surface area contributed by atoms with E-state index in [1.165, 1.54) is 0 Å². The van der Waals surface area contributed by atoms with Gasteiger partial charge in [0.2, 0.25) is 0 Å². The highest BCUT2D eigenvalue weighted by Crippen LogP contribution is 2.29. The lowest BCUT2D eigenvalue weighted by Gasteiger charge is -2.27. The lowest BCUT2D eigenvalue weighted by Crippen LogP contribution is -2.36. The van der Waals surface area contributed by atoms with Gasteiger partial charge >= 0.3 is 0 Å². The Bertz CT molecular complexity index is 669. The van der Waals surface area contributed by atoms with E-state index in [0.717, 1.165) is 22.4 Å². The summed E-state index contributed by atoms with van der Waals surface area (Å²) in [6, 6.07) is 17.7. The molecule has 2 aromatic rings. The molecule has 0 unspecified atom stereocenters.